The molecule has 0 radical (unpaired) electrons. The zero-order chi connectivity index (χ0) is 26.2. The maximum atomic E-state index is 13.1. The fourth-order valence-electron chi connectivity index (χ4n) is 3.68. The lowest BCUT2D eigenvalue weighted by Crippen LogP contribution is -2.43. The number of hydrogen-bond donors (Lipinski definition) is 0. The van der Waals surface area contributed by atoms with Crippen LogP contribution >= 0.6 is 22.9 Å². The van der Waals surface area contributed by atoms with Crippen molar-refractivity contribution in [3.8, 4) is 6.07 Å². The van der Waals surface area contributed by atoms with Gasteiger partial charge in [-0.1, -0.05) is 22.9 Å². The van der Waals surface area contributed by atoms with Crippen LogP contribution in [-0.4, -0.2) is 55.0 Å². The number of carbonyl (C=O) groups is 2. The Hall–Kier alpha value is -3.39. The van der Waals surface area contributed by atoms with Crippen LogP contribution in [-0.2, 0) is 14.3 Å². The van der Waals surface area contributed by atoms with E-state index >= 15 is 0 Å². The number of nitriles is 1. The number of anilines is 1. The lowest BCUT2D eigenvalue weighted by Gasteiger charge is -2.27. The Bertz CT molecular complexity index is 1260. The van der Waals surface area contributed by atoms with Gasteiger partial charge in [-0.2, -0.15) is 5.26 Å². The highest BCUT2D eigenvalue weighted by Crippen LogP contribution is 2.35. The lowest BCUT2D eigenvalue weighted by molar-refractivity contribution is -0.140. The van der Waals surface area contributed by atoms with Gasteiger partial charge in [-0.15, -0.1) is 10.2 Å². The number of benzene rings is 1. The third-order valence-electron chi connectivity index (χ3n) is 5.66. The number of thiazole rings is 1. The minimum atomic E-state index is -0.606. The van der Waals surface area contributed by atoms with Gasteiger partial charge in [0, 0.05) is 44.6 Å². The van der Waals surface area contributed by atoms with Crippen LogP contribution in [0.15, 0.2) is 51.2 Å². The molecule has 9 nitrogen and oxygen atoms in total. The molecule has 0 unspecified atom stereocenters. The first-order chi connectivity index (χ1) is 17.3. The molecule has 2 amide bonds. The second-order valence-electron chi connectivity index (χ2n) is 7.82. The predicted octanol–water partition coefficient (Wildman–Crippen LogP) is 5.69. The van der Waals surface area contributed by atoms with Gasteiger partial charge in [-0.3, -0.25) is 14.5 Å². The summed E-state index contributed by atoms with van der Waals surface area (Å²) in [5, 5.41) is 18.4. The molecule has 2 heterocycles. The fraction of sp³-hybridized carbons (Fsp3) is 0.360. The highest BCUT2D eigenvalue weighted by molar-refractivity contribution is 7.16. The first-order valence-corrected chi connectivity index (χ1v) is 12.6. The zero-order valence-corrected chi connectivity index (χ0v) is 22.2. The van der Waals surface area contributed by atoms with Crippen molar-refractivity contribution < 1.29 is 14.3 Å². The summed E-state index contributed by atoms with van der Waals surface area (Å²) in [4.78, 5) is 33.7. The first kappa shape index (κ1) is 27.2. The van der Waals surface area contributed by atoms with E-state index < -0.39 is 11.8 Å². The van der Waals surface area contributed by atoms with Crippen molar-refractivity contribution in [3.05, 3.63) is 51.0 Å². The van der Waals surface area contributed by atoms with E-state index in [2.05, 4.69) is 34.0 Å². The van der Waals surface area contributed by atoms with Gasteiger partial charge in [0.2, 0.25) is 5.13 Å². The summed E-state index contributed by atoms with van der Waals surface area (Å²) >= 11 is 7.48. The Morgan fingerprint density at radius 2 is 1.89 bits per heavy atom. The summed E-state index contributed by atoms with van der Waals surface area (Å²) in [7, 11) is 1.54. The summed E-state index contributed by atoms with van der Waals surface area (Å²) in [6, 6.07) is 9.65. The number of rotatable bonds is 10. The Labute approximate surface area is 219 Å². The molecule has 2 aromatic rings. The van der Waals surface area contributed by atoms with E-state index in [1.807, 2.05) is 30.3 Å². The van der Waals surface area contributed by atoms with Crippen molar-refractivity contribution >= 4 is 57.3 Å². The van der Waals surface area contributed by atoms with Crippen LogP contribution in [0.5, 0.6) is 0 Å². The Morgan fingerprint density at radius 3 is 2.50 bits per heavy atom. The van der Waals surface area contributed by atoms with Gasteiger partial charge in [0.1, 0.15) is 16.8 Å². The van der Waals surface area contributed by atoms with E-state index in [0.29, 0.717) is 34.3 Å². The van der Waals surface area contributed by atoms with Gasteiger partial charge in [0.15, 0.2) is 0 Å². The summed E-state index contributed by atoms with van der Waals surface area (Å²) in [5.74, 6) is -1.10. The maximum Gasteiger partial charge on any atom is 0.271 e. The van der Waals surface area contributed by atoms with Gasteiger partial charge in [-0.25, -0.2) is 4.98 Å². The minimum absolute atomic E-state index is 0.0769. The van der Waals surface area contributed by atoms with E-state index in [9.17, 15) is 14.9 Å². The Kier molecular flexibility index (Phi) is 9.47. The fourth-order valence-corrected chi connectivity index (χ4v) is 4.71. The molecule has 1 aromatic carbocycles. The molecule has 0 N–H and O–H groups in total. The SMILES string of the molecule is CCN(CC)c1ccc(N=Nc2nc(Cl)c(/C=C3\C(=O)N(CCCOC)C(=O)C(C#N)=C3C)s2)cc1. The maximum absolute atomic E-state index is 13.1. The number of carbonyl (C=O) groups excluding carboxylic acids is 2. The quantitative estimate of drug-likeness (QED) is 0.170. The first-order valence-electron chi connectivity index (χ1n) is 11.5. The summed E-state index contributed by atoms with van der Waals surface area (Å²) < 4.78 is 5.01. The molecule has 0 saturated heterocycles. The molecule has 0 fully saturated rings. The molecule has 0 bridgehead atoms. The minimum Gasteiger partial charge on any atom is -0.385 e. The topological polar surface area (TPSA) is 111 Å². The number of azo groups is 1. The third kappa shape index (κ3) is 6.05. The second-order valence-corrected chi connectivity index (χ2v) is 9.19. The number of methoxy groups -OCH3 is 1. The number of ether oxygens (including phenoxy) is 1. The number of imide groups is 1. The predicted molar refractivity (Wildman–Crippen MR) is 141 cm³/mol. The number of hydrogen-bond acceptors (Lipinski definition) is 9. The molecule has 36 heavy (non-hydrogen) atoms. The summed E-state index contributed by atoms with van der Waals surface area (Å²) in [6.07, 6.45) is 2.00. The largest absolute Gasteiger partial charge is 0.385 e. The van der Waals surface area contributed by atoms with Crippen molar-refractivity contribution in [2.45, 2.75) is 27.2 Å². The summed E-state index contributed by atoms with van der Waals surface area (Å²) in [6.45, 7) is 8.14. The van der Waals surface area contributed by atoms with Crippen LogP contribution in [0.4, 0.5) is 16.5 Å². The van der Waals surface area contributed by atoms with Gasteiger partial charge in [0.25, 0.3) is 11.8 Å². The number of aromatic nitrogens is 1. The molecule has 0 aliphatic carbocycles. The van der Waals surface area contributed by atoms with E-state index in [1.165, 1.54) is 7.11 Å². The average Bonchev–Trinajstić information content (AvgIpc) is 3.23. The van der Waals surface area contributed by atoms with Gasteiger partial charge < -0.3 is 9.64 Å². The van der Waals surface area contributed by atoms with Crippen molar-refractivity contribution in [2.24, 2.45) is 10.2 Å². The standard InChI is InChI=1S/C25H27ClN6O3S/c1-5-31(6-2)18-10-8-17(9-11-18)29-30-25-28-22(26)21(36-25)14-19-16(3)20(15-27)24(34)32(23(19)33)12-7-13-35-4/h8-11,14H,5-7,12-13H2,1-4H3/b19-14-,30-29?. The molecular formula is C25H27ClN6O3S. The molecular weight excluding hydrogens is 500 g/mol. The van der Waals surface area contributed by atoms with Gasteiger partial charge in [0.05, 0.1) is 10.6 Å². The molecule has 1 aliphatic heterocycles. The number of nitrogens with zero attached hydrogens (tertiary/aromatic N) is 6. The number of halogens is 1. The van der Waals surface area contributed by atoms with Crippen LogP contribution in [0.2, 0.25) is 5.15 Å². The Morgan fingerprint density at radius 1 is 1.19 bits per heavy atom. The second kappa shape index (κ2) is 12.5. The average molecular weight is 527 g/mol. The molecule has 1 aromatic heterocycles. The zero-order valence-electron chi connectivity index (χ0n) is 20.6. The molecule has 0 saturated carbocycles. The highest BCUT2D eigenvalue weighted by atomic mass is 35.5. The monoisotopic (exact) mass is 526 g/mol. The van der Waals surface area contributed by atoms with Crippen LogP contribution in [0.3, 0.4) is 0 Å². The number of amides is 2. The molecule has 0 spiro atoms. The highest BCUT2D eigenvalue weighted by Gasteiger charge is 2.35. The van der Waals surface area contributed by atoms with Crippen molar-refractivity contribution in [1.82, 2.24) is 9.88 Å². The smallest absolute Gasteiger partial charge is 0.271 e. The third-order valence-corrected chi connectivity index (χ3v) is 6.95. The van der Waals surface area contributed by atoms with Crippen LogP contribution in [0, 0.1) is 11.3 Å². The van der Waals surface area contributed by atoms with Crippen LogP contribution < -0.4 is 4.90 Å². The molecule has 1 aliphatic rings. The summed E-state index contributed by atoms with van der Waals surface area (Å²) in [5.41, 5.74) is 2.22. The lowest BCUT2D eigenvalue weighted by atomic mass is 9.95. The Balaban J connectivity index is 1.86. The molecule has 3 rings (SSSR count). The van der Waals surface area contributed by atoms with Gasteiger partial charge in [-0.05, 0) is 63.1 Å². The van der Waals surface area contributed by atoms with Crippen molar-refractivity contribution in [3.63, 3.8) is 0 Å². The van der Waals surface area contributed by atoms with Crippen LogP contribution in [0.25, 0.3) is 6.08 Å². The molecule has 0 atom stereocenters. The molecule has 188 valence electrons. The van der Waals surface area contributed by atoms with Crippen molar-refractivity contribution in [2.75, 3.05) is 38.3 Å². The van der Waals surface area contributed by atoms with Gasteiger partial charge >= 0.3 is 0 Å². The normalized spacial score (nSPS) is 15.3. The molecule has 11 heteroatoms. The van der Waals surface area contributed by atoms with Crippen LogP contribution in [0.1, 0.15) is 32.1 Å². The van der Waals surface area contributed by atoms with E-state index in [0.717, 1.165) is 35.0 Å². The van der Waals surface area contributed by atoms with Crippen molar-refractivity contribution in [1.29, 1.82) is 5.26 Å². The van der Waals surface area contributed by atoms with E-state index in [1.54, 1.807) is 13.0 Å². The van der Waals surface area contributed by atoms with E-state index in [4.69, 9.17) is 16.3 Å². The van der Waals surface area contributed by atoms with E-state index in [-0.39, 0.29) is 22.8 Å².